The van der Waals surface area contributed by atoms with Crippen LogP contribution in [0.25, 0.3) is 0 Å². The molecular weight excluding hydrogens is 172 g/mol. The van der Waals surface area contributed by atoms with Crippen LogP contribution in [0.4, 0.5) is 0 Å². The Morgan fingerprint density at radius 2 is 1.71 bits per heavy atom. The van der Waals surface area contributed by atoms with Gasteiger partial charge in [-0.1, -0.05) is 27.7 Å². The first-order valence-corrected chi connectivity index (χ1v) is 5.94. The highest BCUT2D eigenvalue weighted by atomic mass is 15.2. The van der Waals surface area contributed by atoms with Crippen molar-refractivity contribution in [2.24, 2.45) is 5.92 Å². The summed E-state index contributed by atoms with van der Waals surface area (Å²) in [5.74, 6) is 0.632. The maximum atomic E-state index is 3.67. The van der Waals surface area contributed by atoms with E-state index in [1.807, 2.05) is 0 Å². The molecule has 0 aromatic carbocycles. The Morgan fingerprint density at radius 3 is 2.07 bits per heavy atom. The van der Waals surface area contributed by atoms with Gasteiger partial charge in [-0.25, -0.2) is 0 Å². The van der Waals surface area contributed by atoms with E-state index in [9.17, 15) is 0 Å². The van der Waals surface area contributed by atoms with E-state index in [1.165, 1.54) is 6.42 Å². The monoisotopic (exact) mass is 200 g/mol. The Balaban J connectivity index is 4.08. The van der Waals surface area contributed by atoms with Crippen LogP contribution in [0.2, 0.25) is 0 Å². The van der Waals surface area contributed by atoms with Crippen LogP contribution in [0.1, 0.15) is 54.4 Å². The third-order valence-electron chi connectivity index (χ3n) is 2.71. The minimum atomic E-state index is 0.232. The molecule has 0 aromatic rings. The van der Waals surface area contributed by atoms with Gasteiger partial charge in [0.1, 0.15) is 0 Å². The van der Waals surface area contributed by atoms with E-state index in [-0.39, 0.29) is 5.54 Å². The second kappa shape index (κ2) is 6.41. The molecule has 2 heteroatoms. The fourth-order valence-electron chi connectivity index (χ4n) is 1.28. The summed E-state index contributed by atoms with van der Waals surface area (Å²) in [4.78, 5) is 0. The van der Waals surface area contributed by atoms with Crippen LogP contribution in [0.3, 0.4) is 0 Å². The zero-order valence-corrected chi connectivity index (χ0v) is 10.8. The molecule has 0 radical (unpaired) electrons. The summed E-state index contributed by atoms with van der Waals surface area (Å²) < 4.78 is 0. The smallest absolute Gasteiger partial charge is 0.0599 e. The van der Waals surface area contributed by atoms with Crippen LogP contribution in [0, 0.1) is 5.92 Å². The SMILES string of the molecule is CCCNC(NC(C)(C)CC)C(C)C. The summed E-state index contributed by atoms with van der Waals surface area (Å²) in [6.45, 7) is 14.6. The fourth-order valence-corrected chi connectivity index (χ4v) is 1.28. The van der Waals surface area contributed by atoms with Gasteiger partial charge in [-0.15, -0.1) is 0 Å². The largest absolute Gasteiger partial charge is 0.302 e. The molecule has 0 amide bonds. The Kier molecular flexibility index (Phi) is 6.38. The lowest BCUT2D eigenvalue weighted by Gasteiger charge is -2.34. The van der Waals surface area contributed by atoms with Crippen molar-refractivity contribution in [3.8, 4) is 0 Å². The van der Waals surface area contributed by atoms with Crippen LogP contribution in [0.5, 0.6) is 0 Å². The van der Waals surface area contributed by atoms with E-state index in [1.54, 1.807) is 0 Å². The zero-order valence-electron chi connectivity index (χ0n) is 10.8. The molecule has 0 fully saturated rings. The van der Waals surface area contributed by atoms with Gasteiger partial charge in [-0.2, -0.15) is 0 Å². The predicted octanol–water partition coefficient (Wildman–Crippen LogP) is 2.75. The highest BCUT2D eigenvalue weighted by Gasteiger charge is 2.21. The van der Waals surface area contributed by atoms with E-state index < -0.39 is 0 Å². The first-order chi connectivity index (χ1) is 6.43. The second-order valence-corrected chi connectivity index (χ2v) is 5.06. The molecule has 0 heterocycles. The number of hydrogen-bond donors (Lipinski definition) is 2. The van der Waals surface area contributed by atoms with Crippen LogP contribution in [-0.4, -0.2) is 18.2 Å². The summed E-state index contributed by atoms with van der Waals surface area (Å²) in [6.07, 6.45) is 2.78. The van der Waals surface area contributed by atoms with Crippen molar-refractivity contribution in [1.29, 1.82) is 0 Å². The molecule has 1 atom stereocenters. The third-order valence-corrected chi connectivity index (χ3v) is 2.71. The number of nitrogens with one attached hydrogen (secondary N) is 2. The van der Waals surface area contributed by atoms with Crippen LogP contribution >= 0.6 is 0 Å². The lowest BCUT2D eigenvalue weighted by molar-refractivity contribution is 0.244. The van der Waals surface area contributed by atoms with E-state index in [4.69, 9.17) is 0 Å². The summed E-state index contributed by atoms with van der Waals surface area (Å²) in [7, 11) is 0. The molecular formula is C12H28N2. The molecule has 14 heavy (non-hydrogen) atoms. The van der Waals surface area contributed by atoms with Gasteiger partial charge in [0.05, 0.1) is 6.17 Å². The van der Waals surface area contributed by atoms with Gasteiger partial charge in [-0.3, -0.25) is 5.32 Å². The minimum Gasteiger partial charge on any atom is -0.302 e. The summed E-state index contributed by atoms with van der Waals surface area (Å²) in [5, 5.41) is 7.21. The Bertz CT molecular complexity index is 141. The van der Waals surface area contributed by atoms with Crippen molar-refractivity contribution < 1.29 is 0 Å². The molecule has 1 unspecified atom stereocenters. The van der Waals surface area contributed by atoms with Gasteiger partial charge in [0.15, 0.2) is 0 Å². The topological polar surface area (TPSA) is 24.1 Å². The minimum absolute atomic E-state index is 0.232. The van der Waals surface area contributed by atoms with E-state index in [0.29, 0.717) is 12.1 Å². The first kappa shape index (κ1) is 13.9. The molecule has 0 spiro atoms. The standard InChI is InChI=1S/C12H28N2/c1-7-9-13-11(10(3)4)14-12(5,6)8-2/h10-11,13-14H,7-9H2,1-6H3. The van der Waals surface area contributed by atoms with Crippen LogP contribution < -0.4 is 10.6 Å². The lowest BCUT2D eigenvalue weighted by Crippen LogP contribution is -2.54. The van der Waals surface area contributed by atoms with Crippen molar-refractivity contribution in [2.45, 2.75) is 66.1 Å². The van der Waals surface area contributed by atoms with Crippen LogP contribution in [-0.2, 0) is 0 Å². The molecule has 0 saturated carbocycles. The molecule has 86 valence electrons. The van der Waals surface area contributed by atoms with Gasteiger partial charge >= 0.3 is 0 Å². The highest BCUT2D eigenvalue weighted by Crippen LogP contribution is 2.10. The molecule has 2 nitrogen and oxygen atoms in total. The van der Waals surface area contributed by atoms with Crippen molar-refractivity contribution in [3.63, 3.8) is 0 Å². The molecule has 0 rings (SSSR count). The summed E-state index contributed by atoms with van der Waals surface area (Å²) >= 11 is 0. The van der Waals surface area contributed by atoms with Gasteiger partial charge in [-0.05, 0) is 39.2 Å². The maximum Gasteiger partial charge on any atom is 0.0599 e. The Labute approximate surface area is 89.9 Å². The molecule has 2 N–H and O–H groups in total. The predicted molar refractivity (Wildman–Crippen MR) is 64.4 cm³/mol. The van der Waals surface area contributed by atoms with Crippen molar-refractivity contribution in [2.75, 3.05) is 6.54 Å². The molecule has 0 aromatic heterocycles. The lowest BCUT2D eigenvalue weighted by atomic mass is 9.99. The number of rotatable bonds is 7. The van der Waals surface area contributed by atoms with Gasteiger partial charge in [0, 0.05) is 5.54 Å². The maximum absolute atomic E-state index is 3.67. The summed E-state index contributed by atoms with van der Waals surface area (Å²) in [6, 6.07) is 0. The third kappa shape index (κ3) is 5.61. The van der Waals surface area contributed by atoms with E-state index >= 15 is 0 Å². The van der Waals surface area contributed by atoms with Gasteiger partial charge in [0.2, 0.25) is 0 Å². The summed E-state index contributed by atoms with van der Waals surface area (Å²) in [5.41, 5.74) is 0.232. The molecule has 0 aliphatic rings. The van der Waals surface area contributed by atoms with E-state index in [0.717, 1.165) is 13.0 Å². The van der Waals surface area contributed by atoms with Crippen molar-refractivity contribution in [3.05, 3.63) is 0 Å². The van der Waals surface area contributed by atoms with E-state index in [2.05, 4.69) is 52.2 Å². The molecule has 0 saturated heterocycles. The quantitative estimate of drug-likeness (QED) is 0.618. The van der Waals surface area contributed by atoms with Crippen molar-refractivity contribution in [1.82, 2.24) is 10.6 Å². The molecule has 0 aliphatic carbocycles. The van der Waals surface area contributed by atoms with Gasteiger partial charge in [0.25, 0.3) is 0 Å². The highest BCUT2D eigenvalue weighted by molar-refractivity contribution is 4.81. The Hall–Kier alpha value is -0.0800. The second-order valence-electron chi connectivity index (χ2n) is 5.06. The zero-order chi connectivity index (χ0) is 11.2. The fraction of sp³-hybridized carbons (Fsp3) is 1.00. The molecule has 0 bridgehead atoms. The average Bonchev–Trinajstić information content (AvgIpc) is 2.12. The van der Waals surface area contributed by atoms with Gasteiger partial charge < -0.3 is 5.32 Å². The normalized spacial score (nSPS) is 14.8. The Morgan fingerprint density at radius 1 is 1.14 bits per heavy atom. The molecule has 0 aliphatic heterocycles. The first-order valence-electron chi connectivity index (χ1n) is 5.94. The van der Waals surface area contributed by atoms with Crippen molar-refractivity contribution >= 4 is 0 Å². The van der Waals surface area contributed by atoms with Crippen LogP contribution in [0.15, 0.2) is 0 Å². The average molecular weight is 200 g/mol. The number of hydrogen-bond acceptors (Lipinski definition) is 2.